The summed E-state index contributed by atoms with van der Waals surface area (Å²) in [5.41, 5.74) is 6.37. The minimum absolute atomic E-state index is 0.213. The molecule has 3 atom stereocenters. The van der Waals surface area contributed by atoms with Gasteiger partial charge in [0.2, 0.25) is 0 Å². The molecule has 2 saturated carbocycles. The van der Waals surface area contributed by atoms with Gasteiger partial charge in [-0.1, -0.05) is 25.7 Å². The summed E-state index contributed by atoms with van der Waals surface area (Å²) in [6.07, 6.45) is 9.91. The van der Waals surface area contributed by atoms with Gasteiger partial charge in [-0.3, -0.25) is 4.90 Å². The molecular formula is C15H28N2O. The van der Waals surface area contributed by atoms with Gasteiger partial charge in [-0.2, -0.15) is 0 Å². The number of rotatable bonds is 4. The van der Waals surface area contributed by atoms with Gasteiger partial charge in [0.25, 0.3) is 0 Å². The molecule has 18 heavy (non-hydrogen) atoms. The maximum Gasteiger partial charge on any atom is 0.0731 e. The highest BCUT2D eigenvalue weighted by Gasteiger charge is 2.44. The highest BCUT2D eigenvalue weighted by Crippen LogP contribution is 2.41. The maximum atomic E-state index is 6.15. The summed E-state index contributed by atoms with van der Waals surface area (Å²) in [5.74, 6) is 0.948. The Kier molecular flexibility index (Phi) is 3.65. The third-order valence-electron chi connectivity index (χ3n) is 5.29. The zero-order valence-electron chi connectivity index (χ0n) is 11.7. The number of hydrogen-bond donors (Lipinski definition) is 1. The van der Waals surface area contributed by atoms with Crippen LogP contribution in [0.2, 0.25) is 0 Å². The topological polar surface area (TPSA) is 38.5 Å². The lowest BCUT2D eigenvalue weighted by molar-refractivity contribution is -0.124. The molecule has 2 N–H and O–H groups in total. The minimum Gasteiger partial charge on any atom is -0.375 e. The first-order valence-electron chi connectivity index (χ1n) is 7.81. The van der Waals surface area contributed by atoms with Crippen molar-refractivity contribution in [1.29, 1.82) is 0 Å². The summed E-state index contributed by atoms with van der Waals surface area (Å²) in [6.45, 7) is 5.18. The second-order valence-electron chi connectivity index (χ2n) is 6.80. The summed E-state index contributed by atoms with van der Waals surface area (Å²) in [5, 5.41) is 0. The summed E-state index contributed by atoms with van der Waals surface area (Å²) in [4.78, 5) is 2.72. The zero-order chi connectivity index (χ0) is 12.6. The van der Waals surface area contributed by atoms with E-state index < -0.39 is 0 Å². The highest BCUT2D eigenvalue weighted by atomic mass is 16.5. The number of hydrogen-bond acceptors (Lipinski definition) is 3. The molecule has 3 fully saturated rings. The lowest BCUT2D eigenvalue weighted by Gasteiger charge is -2.52. The van der Waals surface area contributed by atoms with Crippen LogP contribution in [0.15, 0.2) is 0 Å². The van der Waals surface area contributed by atoms with Crippen molar-refractivity contribution in [3.05, 3.63) is 0 Å². The van der Waals surface area contributed by atoms with E-state index in [1.807, 2.05) is 0 Å². The molecule has 0 spiro atoms. The predicted molar refractivity (Wildman–Crippen MR) is 73.5 cm³/mol. The average Bonchev–Trinajstić information content (AvgIpc) is 3.21. The Balaban J connectivity index is 1.74. The van der Waals surface area contributed by atoms with Crippen LogP contribution in [0.5, 0.6) is 0 Å². The summed E-state index contributed by atoms with van der Waals surface area (Å²) in [7, 11) is 0. The van der Waals surface area contributed by atoms with E-state index in [-0.39, 0.29) is 5.54 Å². The first kappa shape index (κ1) is 12.9. The standard InChI is InChI=1S/C15H28N2O/c1-15(11-16,10-12-6-7-12)17-8-9-18-14-5-3-2-4-13(14)17/h12-14H,2-11,16H2,1H3. The predicted octanol–water partition coefficient (Wildman–Crippen LogP) is 2.15. The molecule has 1 heterocycles. The molecule has 1 saturated heterocycles. The molecule has 1 aliphatic heterocycles. The van der Waals surface area contributed by atoms with Crippen LogP contribution < -0.4 is 5.73 Å². The molecule has 0 aromatic carbocycles. The van der Waals surface area contributed by atoms with Crippen LogP contribution in [0, 0.1) is 5.92 Å². The molecule has 0 amide bonds. The van der Waals surface area contributed by atoms with Crippen molar-refractivity contribution >= 4 is 0 Å². The molecular weight excluding hydrogens is 224 g/mol. The van der Waals surface area contributed by atoms with Crippen LogP contribution in [-0.2, 0) is 4.74 Å². The molecule has 0 aromatic rings. The Morgan fingerprint density at radius 3 is 2.72 bits per heavy atom. The van der Waals surface area contributed by atoms with Crippen molar-refractivity contribution in [1.82, 2.24) is 4.90 Å². The van der Waals surface area contributed by atoms with E-state index in [4.69, 9.17) is 10.5 Å². The van der Waals surface area contributed by atoms with E-state index in [2.05, 4.69) is 11.8 Å². The zero-order valence-corrected chi connectivity index (χ0v) is 11.7. The first-order valence-corrected chi connectivity index (χ1v) is 7.81. The number of nitrogens with two attached hydrogens (primary N) is 1. The maximum absolute atomic E-state index is 6.15. The monoisotopic (exact) mass is 252 g/mol. The van der Waals surface area contributed by atoms with E-state index in [1.165, 1.54) is 44.9 Å². The lowest BCUT2D eigenvalue weighted by Crippen LogP contribution is -2.63. The van der Waals surface area contributed by atoms with Gasteiger partial charge >= 0.3 is 0 Å². The van der Waals surface area contributed by atoms with Gasteiger partial charge in [0, 0.05) is 24.7 Å². The number of morpholine rings is 1. The minimum atomic E-state index is 0.213. The van der Waals surface area contributed by atoms with Crippen molar-refractivity contribution in [2.75, 3.05) is 19.7 Å². The third-order valence-corrected chi connectivity index (χ3v) is 5.29. The molecule has 3 aliphatic rings. The smallest absolute Gasteiger partial charge is 0.0731 e. The van der Waals surface area contributed by atoms with E-state index in [0.717, 1.165) is 25.6 Å². The van der Waals surface area contributed by atoms with Gasteiger partial charge < -0.3 is 10.5 Å². The van der Waals surface area contributed by atoms with E-state index in [9.17, 15) is 0 Å². The normalized spacial score (nSPS) is 37.0. The van der Waals surface area contributed by atoms with Crippen molar-refractivity contribution in [2.24, 2.45) is 11.7 Å². The van der Waals surface area contributed by atoms with Crippen LogP contribution in [0.3, 0.4) is 0 Å². The molecule has 0 bridgehead atoms. The molecule has 3 heteroatoms. The van der Waals surface area contributed by atoms with E-state index >= 15 is 0 Å². The fraction of sp³-hybridized carbons (Fsp3) is 1.00. The van der Waals surface area contributed by atoms with Crippen molar-refractivity contribution in [3.8, 4) is 0 Å². The van der Waals surface area contributed by atoms with Gasteiger partial charge in [0.05, 0.1) is 12.7 Å². The Hall–Kier alpha value is -0.120. The molecule has 104 valence electrons. The average molecular weight is 252 g/mol. The third kappa shape index (κ3) is 2.45. The van der Waals surface area contributed by atoms with Gasteiger partial charge in [-0.05, 0) is 32.1 Å². The van der Waals surface area contributed by atoms with Crippen molar-refractivity contribution in [3.63, 3.8) is 0 Å². The van der Waals surface area contributed by atoms with Crippen LogP contribution in [0.25, 0.3) is 0 Å². The Bertz CT molecular complexity index is 290. The molecule has 2 aliphatic carbocycles. The van der Waals surface area contributed by atoms with Crippen LogP contribution in [-0.4, -0.2) is 42.3 Å². The molecule has 3 nitrogen and oxygen atoms in total. The van der Waals surface area contributed by atoms with E-state index in [1.54, 1.807) is 0 Å². The fourth-order valence-corrected chi connectivity index (χ4v) is 4.03. The second kappa shape index (κ2) is 5.10. The van der Waals surface area contributed by atoms with Gasteiger partial charge in [0.15, 0.2) is 0 Å². The van der Waals surface area contributed by atoms with Gasteiger partial charge in [-0.25, -0.2) is 0 Å². The van der Waals surface area contributed by atoms with Gasteiger partial charge in [0.1, 0.15) is 0 Å². The number of ether oxygens (including phenoxy) is 1. The Morgan fingerprint density at radius 1 is 1.22 bits per heavy atom. The quantitative estimate of drug-likeness (QED) is 0.833. The van der Waals surface area contributed by atoms with Gasteiger partial charge in [-0.15, -0.1) is 0 Å². The summed E-state index contributed by atoms with van der Waals surface area (Å²) >= 11 is 0. The second-order valence-corrected chi connectivity index (χ2v) is 6.80. The molecule has 0 aromatic heterocycles. The van der Waals surface area contributed by atoms with Crippen molar-refractivity contribution < 1.29 is 4.74 Å². The number of nitrogens with zero attached hydrogens (tertiary/aromatic N) is 1. The summed E-state index contributed by atoms with van der Waals surface area (Å²) in [6, 6.07) is 0.639. The first-order chi connectivity index (χ1) is 8.73. The fourth-order valence-electron chi connectivity index (χ4n) is 4.03. The highest BCUT2D eigenvalue weighted by molar-refractivity contribution is 4.99. The Morgan fingerprint density at radius 2 is 2.00 bits per heavy atom. The largest absolute Gasteiger partial charge is 0.375 e. The SMILES string of the molecule is CC(CN)(CC1CC1)N1CCOC2CCCCC21. The van der Waals surface area contributed by atoms with Crippen LogP contribution in [0.1, 0.15) is 51.9 Å². The lowest BCUT2D eigenvalue weighted by atomic mass is 9.84. The van der Waals surface area contributed by atoms with Crippen molar-refractivity contribution in [2.45, 2.75) is 69.6 Å². The van der Waals surface area contributed by atoms with Crippen LogP contribution >= 0.6 is 0 Å². The molecule has 3 unspecified atom stereocenters. The van der Waals surface area contributed by atoms with Crippen LogP contribution in [0.4, 0.5) is 0 Å². The number of fused-ring (bicyclic) bond motifs is 1. The summed E-state index contributed by atoms with van der Waals surface area (Å²) < 4.78 is 5.99. The Labute approximate surface area is 111 Å². The molecule has 3 rings (SSSR count). The molecule has 0 radical (unpaired) electrons. The van der Waals surface area contributed by atoms with E-state index in [0.29, 0.717) is 12.1 Å².